The minimum atomic E-state index is 0.878. The molecule has 0 aliphatic carbocycles. The van der Waals surface area contributed by atoms with Gasteiger partial charge in [-0.05, 0) is 68.4 Å². The molecule has 198 valence electrons. The zero-order valence-electron chi connectivity index (χ0n) is 22.9. The molecule has 0 saturated heterocycles. The van der Waals surface area contributed by atoms with E-state index in [0.717, 1.165) is 33.3 Å². The second-order valence-electron chi connectivity index (χ2n) is 10.7. The van der Waals surface area contributed by atoms with E-state index in [2.05, 4.69) is 145 Å². The zero-order valence-corrected chi connectivity index (χ0v) is 22.9. The van der Waals surface area contributed by atoms with Crippen molar-refractivity contribution in [1.29, 1.82) is 0 Å². The molecule has 8 rings (SSSR count). The third kappa shape index (κ3) is 4.31. The Morgan fingerprint density at radius 1 is 0.381 bits per heavy atom. The van der Waals surface area contributed by atoms with Gasteiger partial charge in [-0.15, -0.1) is 0 Å². The molecule has 0 aliphatic rings. The first-order valence-corrected chi connectivity index (χ1v) is 14.3. The van der Waals surface area contributed by atoms with E-state index in [9.17, 15) is 0 Å². The Kier molecular flexibility index (Phi) is 5.82. The van der Waals surface area contributed by atoms with Gasteiger partial charge in [0.05, 0.1) is 5.69 Å². The number of benzene rings is 7. The Hall–Kier alpha value is -5.60. The molecule has 2 nitrogen and oxygen atoms in total. The molecule has 42 heavy (non-hydrogen) atoms. The number of hydrogen-bond donors (Lipinski definition) is 1. The molecule has 0 unspecified atom stereocenters. The van der Waals surface area contributed by atoms with Crippen molar-refractivity contribution in [2.45, 2.75) is 0 Å². The monoisotopic (exact) mass is 537 g/mol. The molecule has 1 heterocycles. The fraction of sp³-hybridized carbons (Fsp3) is 0. The van der Waals surface area contributed by atoms with Crippen molar-refractivity contribution >= 4 is 44.1 Å². The van der Waals surface area contributed by atoms with Crippen LogP contribution in [0.5, 0.6) is 0 Å². The maximum atomic E-state index is 6.18. The average molecular weight is 538 g/mol. The van der Waals surface area contributed by atoms with E-state index in [1.165, 1.54) is 44.2 Å². The number of hydrogen-bond acceptors (Lipinski definition) is 2. The van der Waals surface area contributed by atoms with Gasteiger partial charge in [0, 0.05) is 16.5 Å². The van der Waals surface area contributed by atoms with Crippen molar-refractivity contribution in [3.05, 3.63) is 158 Å². The van der Waals surface area contributed by atoms with Crippen LogP contribution in [0.2, 0.25) is 0 Å². The second-order valence-corrected chi connectivity index (χ2v) is 10.7. The van der Waals surface area contributed by atoms with Gasteiger partial charge in [0.25, 0.3) is 0 Å². The highest BCUT2D eigenvalue weighted by molar-refractivity contribution is 6.09. The van der Waals surface area contributed by atoms with E-state index >= 15 is 0 Å². The standard InChI is InChI=1S/C40H27NO/c1-2-9-34-31(7-1)8-5-11-35(34)32-21-19-29(20-22-32)27-15-17-28(18-16-27)30-23-25-33(26-24-30)41-38-13-6-12-37-36-10-3-4-14-39(36)42-40(37)38/h1-26,41H. The van der Waals surface area contributed by atoms with Crippen molar-refractivity contribution in [3.63, 3.8) is 0 Å². The van der Waals surface area contributed by atoms with Gasteiger partial charge in [-0.1, -0.05) is 133 Å². The van der Waals surface area contributed by atoms with Crippen LogP contribution < -0.4 is 5.32 Å². The summed E-state index contributed by atoms with van der Waals surface area (Å²) < 4.78 is 6.18. The molecular formula is C40H27NO. The Morgan fingerprint density at radius 2 is 0.905 bits per heavy atom. The van der Waals surface area contributed by atoms with Gasteiger partial charge in [0.15, 0.2) is 5.58 Å². The quantitative estimate of drug-likeness (QED) is 0.236. The van der Waals surface area contributed by atoms with Crippen LogP contribution in [0.4, 0.5) is 11.4 Å². The second kappa shape index (κ2) is 10.1. The number of para-hydroxylation sites is 2. The number of anilines is 2. The van der Waals surface area contributed by atoms with E-state index in [0.29, 0.717) is 0 Å². The van der Waals surface area contributed by atoms with Crippen LogP contribution in [-0.2, 0) is 0 Å². The number of furan rings is 1. The van der Waals surface area contributed by atoms with E-state index in [1.807, 2.05) is 18.2 Å². The third-order valence-electron chi connectivity index (χ3n) is 8.11. The predicted molar refractivity (Wildman–Crippen MR) is 177 cm³/mol. The van der Waals surface area contributed by atoms with E-state index < -0.39 is 0 Å². The van der Waals surface area contributed by atoms with Crippen LogP contribution in [-0.4, -0.2) is 0 Å². The smallest absolute Gasteiger partial charge is 0.158 e. The summed E-state index contributed by atoms with van der Waals surface area (Å²) in [7, 11) is 0. The Morgan fingerprint density at radius 3 is 1.62 bits per heavy atom. The molecule has 0 bridgehead atoms. The van der Waals surface area contributed by atoms with E-state index in [-0.39, 0.29) is 0 Å². The number of rotatable bonds is 5. The molecule has 0 amide bonds. The lowest BCUT2D eigenvalue weighted by Crippen LogP contribution is -1.90. The summed E-state index contributed by atoms with van der Waals surface area (Å²) in [5.41, 5.74) is 11.1. The summed E-state index contributed by atoms with van der Waals surface area (Å²) >= 11 is 0. The maximum Gasteiger partial charge on any atom is 0.158 e. The lowest BCUT2D eigenvalue weighted by molar-refractivity contribution is 0.670. The maximum absolute atomic E-state index is 6.18. The Labute approximate surface area is 244 Å². The SMILES string of the molecule is c1ccc2c(-c3ccc(-c4ccc(-c5ccc(Nc6cccc7c6oc6ccccc67)cc5)cc4)cc3)cccc2c1. The summed E-state index contributed by atoms with van der Waals surface area (Å²) in [5.74, 6) is 0. The van der Waals surface area contributed by atoms with Gasteiger partial charge < -0.3 is 9.73 Å². The van der Waals surface area contributed by atoms with Crippen molar-refractivity contribution in [1.82, 2.24) is 0 Å². The molecular weight excluding hydrogens is 510 g/mol. The minimum absolute atomic E-state index is 0.878. The van der Waals surface area contributed by atoms with Gasteiger partial charge in [-0.25, -0.2) is 0 Å². The molecule has 0 fully saturated rings. The third-order valence-corrected chi connectivity index (χ3v) is 8.11. The van der Waals surface area contributed by atoms with Gasteiger partial charge in [0.1, 0.15) is 5.58 Å². The van der Waals surface area contributed by atoms with Gasteiger partial charge in [-0.3, -0.25) is 0 Å². The molecule has 0 radical (unpaired) electrons. The van der Waals surface area contributed by atoms with Gasteiger partial charge in [0.2, 0.25) is 0 Å². The first-order chi connectivity index (χ1) is 20.8. The Bertz CT molecular complexity index is 2180. The average Bonchev–Trinajstić information content (AvgIpc) is 3.45. The molecule has 7 aromatic carbocycles. The lowest BCUT2D eigenvalue weighted by atomic mass is 9.95. The molecule has 0 spiro atoms. The van der Waals surface area contributed by atoms with Crippen LogP contribution in [0.15, 0.2) is 162 Å². The first-order valence-electron chi connectivity index (χ1n) is 14.3. The highest BCUT2D eigenvalue weighted by Crippen LogP contribution is 2.35. The van der Waals surface area contributed by atoms with Crippen molar-refractivity contribution in [2.24, 2.45) is 0 Å². The summed E-state index contributed by atoms with van der Waals surface area (Å²) in [4.78, 5) is 0. The highest BCUT2D eigenvalue weighted by Gasteiger charge is 2.11. The molecule has 2 heteroatoms. The fourth-order valence-corrected chi connectivity index (χ4v) is 5.92. The van der Waals surface area contributed by atoms with Crippen molar-refractivity contribution in [3.8, 4) is 33.4 Å². The summed E-state index contributed by atoms with van der Waals surface area (Å²) in [6.45, 7) is 0. The summed E-state index contributed by atoms with van der Waals surface area (Å²) in [5, 5.41) is 8.35. The lowest BCUT2D eigenvalue weighted by Gasteiger charge is -2.10. The minimum Gasteiger partial charge on any atom is -0.454 e. The molecule has 0 atom stereocenters. The topological polar surface area (TPSA) is 25.2 Å². The molecule has 8 aromatic rings. The van der Waals surface area contributed by atoms with Crippen molar-refractivity contribution in [2.75, 3.05) is 5.32 Å². The van der Waals surface area contributed by atoms with Crippen LogP contribution in [0, 0.1) is 0 Å². The molecule has 1 N–H and O–H groups in total. The van der Waals surface area contributed by atoms with Crippen molar-refractivity contribution < 1.29 is 4.42 Å². The fourth-order valence-electron chi connectivity index (χ4n) is 5.92. The van der Waals surface area contributed by atoms with Gasteiger partial charge in [-0.2, -0.15) is 0 Å². The number of fused-ring (bicyclic) bond motifs is 4. The first kappa shape index (κ1) is 24.2. The van der Waals surface area contributed by atoms with E-state index in [4.69, 9.17) is 4.42 Å². The van der Waals surface area contributed by atoms with Crippen LogP contribution in [0.1, 0.15) is 0 Å². The molecule has 0 aliphatic heterocycles. The largest absolute Gasteiger partial charge is 0.454 e. The van der Waals surface area contributed by atoms with Gasteiger partial charge >= 0.3 is 0 Å². The number of nitrogens with one attached hydrogen (secondary N) is 1. The summed E-state index contributed by atoms with van der Waals surface area (Å²) in [6.07, 6.45) is 0. The Balaban J connectivity index is 1.01. The zero-order chi connectivity index (χ0) is 27.9. The predicted octanol–water partition coefficient (Wildman–Crippen LogP) is 11.5. The van der Waals surface area contributed by atoms with Crippen LogP contribution in [0.25, 0.3) is 66.1 Å². The van der Waals surface area contributed by atoms with Crippen LogP contribution in [0.3, 0.4) is 0 Å². The molecule has 0 saturated carbocycles. The normalized spacial score (nSPS) is 11.3. The summed E-state index contributed by atoms with van der Waals surface area (Å²) in [6, 6.07) is 55.7. The van der Waals surface area contributed by atoms with E-state index in [1.54, 1.807) is 0 Å². The van der Waals surface area contributed by atoms with Crippen LogP contribution >= 0.6 is 0 Å². The molecule has 1 aromatic heterocycles. The highest BCUT2D eigenvalue weighted by atomic mass is 16.3.